The second-order valence-electron chi connectivity index (χ2n) is 4.26. The molecule has 2 N–H and O–H groups in total. The summed E-state index contributed by atoms with van der Waals surface area (Å²) >= 11 is 0. The minimum atomic E-state index is 0.512. The highest BCUT2D eigenvalue weighted by atomic mass is 15.1. The Bertz CT molecular complexity index is 295. The molecule has 1 aromatic heterocycles. The molecule has 0 radical (unpaired) electrons. The highest BCUT2D eigenvalue weighted by Crippen LogP contribution is 2.15. The van der Waals surface area contributed by atoms with Crippen molar-refractivity contribution < 1.29 is 0 Å². The smallest absolute Gasteiger partial charge is 0.0552 e. The Morgan fingerprint density at radius 1 is 1.38 bits per heavy atom. The average Bonchev–Trinajstić information content (AvgIpc) is 2.35. The Kier molecular flexibility index (Phi) is 5.26. The van der Waals surface area contributed by atoms with E-state index in [2.05, 4.69) is 36.7 Å². The van der Waals surface area contributed by atoms with Gasteiger partial charge in [0.05, 0.1) is 17.6 Å². The van der Waals surface area contributed by atoms with Crippen molar-refractivity contribution in [3.63, 3.8) is 0 Å². The lowest BCUT2D eigenvalue weighted by atomic mass is 10.1. The van der Waals surface area contributed by atoms with E-state index in [0.717, 1.165) is 18.8 Å². The number of hydrogen-bond donors (Lipinski definition) is 1. The molecule has 0 fully saturated rings. The third kappa shape index (κ3) is 3.49. The molecule has 0 saturated carbocycles. The van der Waals surface area contributed by atoms with E-state index in [0.29, 0.717) is 12.5 Å². The van der Waals surface area contributed by atoms with Crippen LogP contribution in [0, 0.1) is 5.92 Å². The number of nitrogens with zero attached hydrogens (tertiary/aromatic N) is 2. The van der Waals surface area contributed by atoms with Gasteiger partial charge in [0.2, 0.25) is 0 Å². The minimum Gasteiger partial charge on any atom is -0.370 e. The summed E-state index contributed by atoms with van der Waals surface area (Å²) in [5.74, 6) is 0.717. The normalized spacial score (nSPS) is 12.5. The van der Waals surface area contributed by atoms with Gasteiger partial charge in [0.1, 0.15) is 0 Å². The zero-order valence-corrected chi connectivity index (χ0v) is 10.6. The predicted octanol–water partition coefficient (Wildman–Crippen LogP) is 2.41. The summed E-state index contributed by atoms with van der Waals surface area (Å²) < 4.78 is 0. The molecule has 16 heavy (non-hydrogen) atoms. The standard InChI is InChI=1S/C13H23N3/c1-4-11(3)10-16(5-2)13-7-6-12(8-14)15-9-13/h6-7,9,11H,4-5,8,10,14H2,1-3H3. The van der Waals surface area contributed by atoms with Gasteiger partial charge >= 0.3 is 0 Å². The maximum atomic E-state index is 5.53. The first-order chi connectivity index (χ1) is 7.71. The van der Waals surface area contributed by atoms with Gasteiger partial charge in [-0.15, -0.1) is 0 Å². The van der Waals surface area contributed by atoms with Crippen molar-refractivity contribution in [2.45, 2.75) is 33.7 Å². The van der Waals surface area contributed by atoms with Gasteiger partial charge in [-0.25, -0.2) is 0 Å². The number of anilines is 1. The lowest BCUT2D eigenvalue weighted by Gasteiger charge is -2.25. The Morgan fingerprint density at radius 2 is 2.12 bits per heavy atom. The van der Waals surface area contributed by atoms with E-state index < -0.39 is 0 Å². The summed E-state index contributed by atoms with van der Waals surface area (Å²) in [6.07, 6.45) is 3.14. The SMILES string of the molecule is CCC(C)CN(CC)c1ccc(CN)nc1. The van der Waals surface area contributed by atoms with Gasteiger partial charge in [-0.05, 0) is 25.0 Å². The van der Waals surface area contributed by atoms with Crippen LogP contribution in [0.5, 0.6) is 0 Å². The van der Waals surface area contributed by atoms with Crippen LogP contribution in [0.2, 0.25) is 0 Å². The molecule has 90 valence electrons. The van der Waals surface area contributed by atoms with Crippen LogP contribution in [0.25, 0.3) is 0 Å². The Balaban J connectivity index is 2.70. The monoisotopic (exact) mass is 221 g/mol. The Morgan fingerprint density at radius 3 is 2.56 bits per heavy atom. The van der Waals surface area contributed by atoms with Gasteiger partial charge in [-0.2, -0.15) is 0 Å². The van der Waals surface area contributed by atoms with Crippen LogP contribution in [0.1, 0.15) is 32.9 Å². The second kappa shape index (κ2) is 6.48. The summed E-state index contributed by atoms with van der Waals surface area (Å²) in [4.78, 5) is 6.70. The van der Waals surface area contributed by atoms with Crippen molar-refractivity contribution in [3.05, 3.63) is 24.0 Å². The van der Waals surface area contributed by atoms with Crippen molar-refractivity contribution in [2.75, 3.05) is 18.0 Å². The number of nitrogens with two attached hydrogens (primary N) is 1. The van der Waals surface area contributed by atoms with Gasteiger partial charge < -0.3 is 10.6 Å². The molecule has 1 atom stereocenters. The molecule has 0 bridgehead atoms. The summed E-state index contributed by atoms with van der Waals surface area (Å²) in [5.41, 5.74) is 7.68. The zero-order valence-electron chi connectivity index (χ0n) is 10.6. The van der Waals surface area contributed by atoms with E-state index in [1.54, 1.807) is 0 Å². The van der Waals surface area contributed by atoms with Crippen LogP contribution >= 0.6 is 0 Å². The fraction of sp³-hybridized carbons (Fsp3) is 0.615. The first-order valence-corrected chi connectivity index (χ1v) is 6.11. The summed E-state index contributed by atoms with van der Waals surface area (Å²) in [6, 6.07) is 4.12. The summed E-state index contributed by atoms with van der Waals surface area (Å²) in [6.45, 7) is 9.32. The molecule has 1 unspecified atom stereocenters. The van der Waals surface area contributed by atoms with Crippen LogP contribution in [-0.4, -0.2) is 18.1 Å². The topological polar surface area (TPSA) is 42.1 Å². The summed E-state index contributed by atoms with van der Waals surface area (Å²) in [7, 11) is 0. The number of rotatable bonds is 6. The van der Waals surface area contributed by atoms with Crippen LogP contribution in [-0.2, 0) is 6.54 Å². The van der Waals surface area contributed by atoms with Crippen molar-refractivity contribution >= 4 is 5.69 Å². The average molecular weight is 221 g/mol. The van der Waals surface area contributed by atoms with E-state index in [-0.39, 0.29) is 0 Å². The lowest BCUT2D eigenvalue weighted by molar-refractivity contribution is 0.547. The third-order valence-electron chi connectivity index (χ3n) is 2.99. The first kappa shape index (κ1) is 13.0. The van der Waals surface area contributed by atoms with Crippen molar-refractivity contribution in [1.29, 1.82) is 0 Å². The molecule has 1 rings (SSSR count). The summed E-state index contributed by atoms with van der Waals surface area (Å²) in [5, 5.41) is 0. The molecule has 3 heteroatoms. The molecule has 0 spiro atoms. The van der Waals surface area contributed by atoms with Gasteiger partial charge in [0, 0.05) is 19.6 Å². The number of pyridine rings is 1. The van der Waals surface area contributed by atoms with Gasteiger partial charge in [0.25, 0.3) is 0 Å². The van der Waals surface area contributed by atoms with E-state index in [4.69, 9.17) is 5.73 Å². The maximum Gasteiger partial charge on any atom is 0.0552 e. The quantitative estimate of drug-likeness (QED) is 0.802. The number of aromatic nitrogens is 1. The third-order valence-corrected chi connectivity index (χ3v) is 2.99. The van der Waals surface area contributed by atoms with E-state index in [1.165, 1.54) is 12.1 Å². The Hall–Kier alpha value is -1.09. The van der Waals surface area contributed by atoms with Gasteiger partial charge in [0.15, 0.2) is 0 Å². The van der Waals surface area contributed by atoms with Gasteiger partial charge in [-0.1, -0.05) is 20.3 Å². The molecule has 0 saturated heterocycles. The highest BCUT2D eigenvalue weighted by molar-refractivity contribution is 5.44. The molecular weight excluding hydrogens is 198 g/mol. The Labute approximate surface area is 98.7 Å². The van der Waals surface area contributed by atoms with Gasteiger partial charge in [-0.3, -0.25) is 4.98 Å². The fourth-order valence-electron chi connectivity index (χ4n) is 1.65. The predicted molar refractivity (Wildman–Crippen MR) is 69.5 cm³/mol. The molecule has 3 nitrogen and oxygen atoms in total. The lowest BCUT2D eigenvalue weighted by Crippen LogP contribution is -2.28. The number of hydrogen-bond acceptors (Lipinski definition) is 3. The highest BCUT2D eigenvalue weighted by Gasteiger charge is 2.08. The second-order valence-corrected chi connectivity index (χ2v) is 4.26. The maximum absolute atomic E-state index is 5.53. The molecule has 0 aliphatic carbocycles. The molecule has 0 aliphatic rings. The van der Waals surface area contributed by atoms with Crippen LogP contribution in [0.4, 0.5) is 5.69 Å². The fourth-order valence-corrected chi connectivity index (χ4v) is 1.65. The molecule has 1 aromatic rings. The van der Waals surface area contributed by atoms with Crippen LogP contribution in [0.3, 0.4) is 0 Å². The van der Waals surface area contributed by atoms with E-state index in [1.807, 2.05) is 12.3 Å². The first-order valence-electron chi connectivity index (χ1n) is 6.11. The van der Waals surface area contributed by atoms with E-state index in [9.17, 15) is 0 Å². The zero-order chi connectivity index (χ0) is 12.0. The molecule has 0 aliphatic heterocycles. The molecule has 1 heterocycles. The molecule has 0 aromatic carbocycles. The van der Waals surface area contributed by atoms with E-state index >= 15 is 0 Å². The van der Waals surface area contributed by atoms with Crippen LogP contribution in [0.15, 0.2) is 18.3 Å². The largest absolute Gasteiger partial charge is 0.370 e. The van der Waals surface area contributed by atoms with Crippen LogP contribution < -0.4 is 10.6 Å². The van der Waals surface area contributed by atoms with Crippen molar-refractivity contribution in [2.24, 2.45) is 11.7 Å². The van der Waals surface area contributed by atoms with Crippen molar-refractivity contribution in [3.8, 4) is 0 Å². The minimum absolute atomic E-state index is 0.512. The van der Waals surface area contributed by atoms with Crippen molar-refractivity contribution in [1.82, 2.24) is 4.98 Å². The molecular formula is C13H23N3. The molecule has 0 amide bonds.